The molecule has 1 N–H and O–H groups in total. The first-order valence-electron chi connectivity index (χ1n) is 9.63. The van der Waals surface area contributed by atoms with Crippen molar-refractivity contribution in [1.29, 1.82) is 5.26 Å². The van der Waals surface area contributed by atoms with Crippen molar-refractivity contribution in [3.05, 3.63) is 86.6 Å². The average molecular weight is 412 g/mol. The Balaban J connectivity index is 1.42. The standard InChI is InChI=1S/C24H16N2O3S/c25-13-19-17-5-3-7-21(17)30-23(19)26-22(27)15-10-8-14(9-11-15)18-12-16-4-1-2-6-20(16)29-24(18)28/h1-2,4,6,8-12H,3,5,7H2,(H,26,27). The summed E-state index contributed by atoms with van der Waals surface area (Å²) in [6.45, 7) is 0. The van der Waals surface area contributed by atoms with E-state index in [-0.39, 0.29) is 5.91 Å². The minimum atomic E-state index is -0.419. The molecule has 0 fully saturated rings. The summed E-state index contributed by atoms with van der Waals surface area (Å²) in [5, 5.41) is 13.8. The van der Waals surface area contributed by atoms with Gasteiger partial charge in [-0.25, -0.2) is 4.79 Å². The van der Waals surface area contributed by atoms with Gasteiger partial charge in [-0.05, 0) is 54.7 Å². The molecule has 2 heterocycles. The molecule has 0 atom stereocenters. The summed E-state index contributed by atoms with van der Waals surface area (Å²) in [6, 6.07) is 18.2. The highest BCUT2D eigenvalue weighted by molar-refractivity contribution is 7.16. The van der Waals surface area contributed by atoms with Gasteiger partial charge in [-0.3, -0.25) is 4.79 Å². The number of fused-ring (bicyclic) bond motifs is 2. The van der Waals surface area contributed by atoms with Crippen molar-refractivity contribution in [2.45, 2.75) is 19.3 Å². The summed E-state index contributed by atoms with van der Waals surface area (Å²) in [6.07, 6.45) is 2.93. The molecule has 0 spiro atoms. The lowest BCUT2D eigenvalue weighted by molar-refractivity contribution is 0.102. The number of rotatable bonds is 3. The molecule has 2 aromatic carbocycles. The Morgan fingerprint density at radius 1 is 1.10 bits per heavy atom. The van der Waals surface area contributed by atoms with E-state index in [1.807, 2.05) is 18.2 Å². The first-order chi connectivity index (χ1) is 14.6. The molecule has 5 rings (SSSR count). The van der Waals surface area contributed by atoms with E-state index in [0.29, 0.717) is 32.8 Å². The van der Waals surface area contributed by atoms with Crippen LogP contribution in [0.15, 0.2) is 63.8 Å². The van der Waals surface area contributed by atoms with Crippen LogP contribution >= 0.6 is 11.3 Å². The summed E-state index contributed by atoms with van der Waals surface area (Å²) in [7, 11) is 0. The summed E-state index contributed by atoms with van der Waals surface area (Å²) < 4.78 is 5.39. The van der Waals surface area contributed by atoms with Gasteiger partial charge < -0.3 is 9.73 Å². The fraction of sp³-hybridized carbons (Fsp3) is 0.125. The predicted molar refractivity (Wildman–Crippen MR) is 117 cm³/mol. The molecule has 0 saturated heterocycles. The highest BCUT2D eigenvalue weighted by Gasteiger charge is 2.23. The molecule has 4 aromatic rings. The maximum atomic E-state index is 12.7. The predicted octanol–water partition coefficient (Wildman–Crippen LogP) is 5.13. The molecule has 30 heavy (non-hydrogen) atoms. The summed E-state index contributed by atoms with van der Waals surface area (Å²) in [5.41, 5.74) is 3.38. The van der Waals surface area contributed by atoms with Crippen molar-refractivity contribution >= 4 is 33.2 Å². The lowest BCUT2D eigenvalue weighted by Crippen LogP contribution is -2.12. The van der Waals surface area contributed by atoms with E-state index in [1.54, 1.807) is 36.4 Å². The van der Waals surface area contributed by atoms with Crippen molar-refractivity contribution in [1.82, 2.24) is 0 Å². The molecule has 146 valence electrons. The van der Waals surface area contributed by atoms with Gasteiger partial charge >= 0.3 is 5.63 Å². The van der Waals surface area contributed by atoms with Crippen LogP contribution in [-0.2, 0) is 12.8 Å². The zero-order valence-corrected chi connectivity index (χ0v) is 16.7. The van der Waals surface area contributed by atoms with E-state index in [2.05, 4.69) is 11.4 Å². The van der Waals surface area contributed by atoms with Crippen LogP contribution in [0.25, 0.3) is 22.1 Å². The van der Waals surface area contributed by atoms with Crippen molar-refractivity contribution in [2.75, 3.05) is 5.32 Å². The molecule has 0 aliphatic heterocycles. The van der Waals surface area contributed by atoms with Gasteiger partial charge in [-0.1, -0.05) is 30.3 Å². The molecule has 6 heteroatoms. The summed E-state index contributed by atoms with van der Waals surface area (Å²) in [5.74, 6) is -0.275. The van der Waals surface area contributed by atoms with Crippen LogP contribution in [0, 0.1) is 11.3 Å². The number of hydrogen-bond donors (Lipinski definition) is 1. The Morgan fingerprint density at radius 3 is 2.70 bits per heavy atom. The smallest absolute Gasteiger partial charge is 0.344 e. The first-order valence-corrected chi connectivity index (χ1v) is 10.4. The van der Waals surface area contributed by atoms with E-state index in [0.717, 1.165) is 30.2 Å². The maximum Gasteiger partial charge on any atom is 0.344 e. The third kappa shape index (κ3) is 3.10. The second-order valence-electron chi connectivity index (χ2n) is 7.19. The minimum absolute atomic E-state index is 0.275. The number of nitrogens with one attached hydrogen (secondary N) is 1. The second kappa shape index (κ2) is 7.29. The number of carbonyl (C=O) groups is 1. The zero-order chi connectivity index (χ0) is 20.7. The van der Waals surface area contributed by atoms with Crippen LogP contribution in [0.5, 0.6) is 0 Å². The fourth-order valence-corrected chi connectivity index (χ4v) is 5.09. The highest BCUT2D eigenvalue weighted by atomic mass is 32.1. The topological polar surface area (TPSA) is 83.1 Å². The van der Waals surface area contributed by atoms with E-state index in [1.165, 1.54) is 16.2 Å². The van der Waals surface area contributed by atoms with Crippen LogP contribution in [0.1, 0.15) is 32.8 Å². The van der Waals surface area contributed by atoms with E-state index in [4.69, 9.17) is 4.42 Å². The Morgan fingerprint density at radius 2 is 1.90 bits per heavy atom. The van der Waals surface area contributed by atoms with Crippen LogP contribution in [0.3, 0.4) is 0 Å². The first kappa shape index (κ1) is 18.3. The summed E-state index contributed by atoms with van der Waals surface area (Å²) >= 11 is 1.49. The number of benzene rings is 2. The van der Waals surface area contributed by atoms with Gasteiger partial charge in [0.05, 0.1) is 11.1 Å². The Bertz CT molecular complexity index is 1390. The normalized spacial score (nSPS) is 12.5. The van der Waals surface area contributed by atoms with Gasteiger partial charge in [0.25, 0.3) is 5.91 Å². The lowest BCUT2D eigenvalue weighted by atomic mass is 10.0. The van der Waals surface area contributed by atoms with Gasteiger partial charge in [0, 0.05) is 15.8 Å². The monoisotopic (exact) mass is 412 g/mol. The number of thiophene rings is 1. The highest BCUT2D eigenvalue weighted by Crippen LogP contribution is 2.38. The molecular formula is C24H16N2O3S. The van der Waals surface area contributed by atoms with Gasteiger partial charge in [0.1, 0.15) is 16.7 Å². The van der Waals surface area contributed by atoms with E-state index < -0.39 is 5.63 Å². The van der Waals surface area contributed by atoms with Crippen molar-refractivity contribution in [3.63, 3.8) is 0 Å². The number of nitriles is 1. The third-order valence-electron chi connectivity index (χ3n) is 5.36. The van der Waals surface area contributed by atoms with Gasteiger partial charge in [-0.15, -0.1) is 11.3 Å². The quantitative estimate of drug-likeness (QED) is 0.473. The molecular weight excluding hydrogens is 396 g/mol. The molecule has 0 radical (unpaired) electrons. The summed E-state index contributed by atoms with van der Waals surface area (Å²) in [4.78, 5) is 26.3. The number of aryl methyl sites for hydroxylation is 1. The number of nitrogens with zero attached hydrogens (tertiary/aromatic N) is 1. The minimum Gasteiger partial charge on any atom is -0.422 e. The Kier molecular flexibility index (Phi) is 4.46. The van der Waals surface area contributed by atoms with Gasteiger partial charge in [0.2, 0.25) is 0 Å². The fourth-order valence-electron chi connectivity index (χ4n) is 3.85. The van der Waals surface area contributed by atoms with Crippen LogP contribution in [-0.4, -0.2) is 5.91 Å². The van der Waals surface area contributed by atoms with E-state index in [9.17, 15) is 14.9 Å². The number of anilines is 1. The molecule has 0 saturated carbocycles. The number of carbonyl (C=O) groups excluding carboxylic acids is 1. The van der Waals surface area contributed by atoms with Gasteiger partial charge in [-0.2, -0.15) is 5.26 Å². The number of para-hydroxylation sites is 1. The lowest BCUT2D eigenvalue weighted by Gasteiger charge is -2.06. The van der Waals surface area contributed by atoms with Crippen LogP contribution < -0.4 is 10.9 Å². The van der Waals surface area contributed by atoms with Crippen molar-refractivity contribution < 1.29 is 9.21 Å². The molecule has 5 nitrogen and oxygen atoms in total. The molecule has 0 bridgehead atoms. The Hall–Kier alpha value is -3.69. The van der Waals surface area contributed by atoms with Crippen molar-refractivity contribution in [2.24, 2.45) is 0 Å². The van der Waals surface area contributed by atoms with E-state index >= 15 is 0 Å². The van der Waals surface area contributed by atoms with Crippen LogP contribution in [0.4, 0.5) is 5.00 Å². The molecule has 1 amide bonds. The van der Waals surface area contributed by atoms with Gasteiger partial charge in [0.15, 0.2) is 0 Å². The SMILES string of the molecule is N#Cc1c(NC(=O)c2ccc(-c3cc4ccccc4oc3=O)cc2)sc2c1CCC2. The molecule has 1 aliphatic carbocycles. The molecule has 2 aromatic heterocycles. The largest absolute Gasteiger partial charge is 0.422 e. The zero-order valence-electron chi connectivity index (χ0n) is 15.9. The molecule has 0 unspecified atom stereocenters. The van der Waals surface area contributed by atoms with Crippen molar-refractivity contribution in [3.8, 4) is 17.2 Å². The Labute approximate surface area is 176 Å². The maximum absolute atomic E-state index is 12.7. The average Bonchev–Trinajstić information content (AvgIpc) is 3.34. The third-order valence-corrected chi connectivity index (χ3v) is 6.57. The molecule has 1 aliphatic rings. The van der Waals surface area contributed by atoms with Crippen LogP contribution in [0.2, 0.25) is 0 Å². The number of amides is 1. The second-order valence-corrected chi connectivity index (χ2v) is 8.30. The number of hydrogen-bond acceptors (Lipinski definition) is 5.